The van der Waals surface area contributed by atoms with E-state index in [-0.39, 0.29) is 29.3 Å². The zero-order chi connectivity index (χ0) is 16.9. The van der Waals surface area contributed by atoms with Gasteiger partial charge in [0.15, 0.2) is 0 Å². The first-order valence-electron chi connectivity index (χ1n) is 8.01. The summed E-state index contributed by atoms with van der Waals surface area (Å²) in [5.74, 6) is -0.199. The second kappa shape index (κ2) is 9.36. The molecular formula is C16H26ClN3O3S. The average Bonchev–Trinajstić information content (AvgIpc) is 2.55. The van der Waals surface area contributed by atoms with Crippen LogP contribution in [0.15, 0.2) is 29.2 Å². The van der Waals surface area contributed by atoms with Gasteiger partial charge in [0.1, 0.15) is 0 Å². The van der Waals surface area contributed by atoms with Gasteiger partial charge in [0, 0.05) is 31.2 Å². The van der Waals surface area contributed by atoms with E-state index in [0.29, 0.717) is 25.2 Å². The van der Waals surface area contributed by atoms with Crippen LogP contribution in [0.4, 0.5) is 0 Å². The molecule has 6 nitrogen and oxygen atoms in total. The number of halogens is 1. The number of carbonyl (C=O) groups is 1. The molecule has 8 heteroatoms. The van der Waals surface area contributed by atoms with Crippen LogP contribution in [0.25, 0.3) is 0 Å². The molecule has 1 aromatic carbocycles. The number of nitrogens with zero attached hydrogens (tertiary/aromatic N) is 1. The van der Waals surface area contributed by atoms with Crippen LogP contribution in [0.1, 0.15) is 36.5 Å². The molecule has 1 aliphatic heterocycles. The van der Waals surface area contributed by atoms with Gasteiger partial charge in [0.25, 0.3) is 5.91 Å². The van der Waals surface area contributed by atoms with E-state index in [0.717, 1.165) is 19.3 Å². The topological polar surface area (TPSA) is 78.5 Å². The van der Waals surface area contributed by atoms with Crippen LogP contribution < -0.4 is 10.6 Å². The van der Waals surface area contributed by atoms with E-state index in [9.17, 15) is 13.2 Å². The Labute approximate surface area is 150 Å². The van der Waals surface area contributed by atoms with Crippen LogP contribution in [-0.2, 0) is 10.0 Å². The Hall–Kier alpha value is -1.15. The molecule has 0 bridgehead atoms. The van der Waals surface area contributed by atoms with Crippen molar-refractivity contribution < 1.29 is 13.2 Å². The van der Waals surface area contributed by atoms with Crippen molar-refractivity contribution in [1.29, 1.82) is 0 Å². The van der Waals surface area contributed by atoms with Crippen molar-refractivity contribution >= 4 is 28.3 Å². The molecule has 1 heterocycles. The zero-order valence-corrected chi connectivity index (χ0v) is 15.8. The molecule has 1 aliphatic rings. The summed E-state index contributed by atoms with van der Waals surface area (Å²) in [5, 5.41) is 5.71. The van der Waals surface area contributed by atoms with Gasteiger partial charge < -0.3 is 10.6 Å². The fourth-order valence-electron chi connectivity index (χ4n) is 2.75. The van der Waals surface area contributed by atoms with Crippen molar-refractivity contribution in [2.45, 2.75) is 37.1 Å². The highest BCUT2D eigenvalue weighted by Gasteiger charge is 2.30. The molecular weight excluding hydrogens is 350 g/mol. The van der Waals surface area contributed by atoms with Crippen molar-refractivity contribution in [3.05, 3.63) is 29.8 Å². The highest BCUT2D eigenvalue weighted by Crippen LogP contribution is 2.25. The van der Waals surface area contributed by atoms with E-state index in [1.165, 1.54) is 12.1 Å². The zero-order valence-electron chi connectivity index (χ0n) is 14.1. The van der Waals surface area contributed by atoms with Crippen LogP contribution >= 0.6 is 12.4 Å². The predicted molar refractivity (Wildman–Crippen MR) is 97.2 cm³/mol. The van der Waals surface area contributed by atoms with Gasteiger partial charge in [-0.2, -0.15) is 4.31 Å². The fraction of sp³-hybridized carbons (Fsp3) is 0.562. The highest BCUT2D eigenvalue weighted by molar-refractivity contribution is 7.89. The number of amides is 1. The summed E-state index contributed by atoms with van der Waals surface area (Å²) in [6.07, 6.45) is 2.86. The third kappa shape index (κ3) is 4.92. The number of rotatable bonds is 6. The van der Waals surface area contributed by atoms with E-state index < -0.39 is 10.0 Å². The number of piperidine rings is 1. The molecule has 2 rings (SSSR count). The fourth-order valence-corrected chi connectivity index (χ4v) is 4.45. The third-order valence-electron chi connectivity index (χ3n) is 4.13. The Bertz CT molecular complexity index is 634. The van der Waals surface area contributed by atoms with Gasteiger partial charge >= 0.3 is 0 Å². The van der Waals surface area contributed by atoms with Crippen molar-refractivity contribution in [3.8, 4) is 0 Å². The average molecular weight is 376 g/mol. The van der Waals surface area contributed by atoms with Crippen molar-refractivity contribution in [2.75, 3.05) is 26.7 Å². The molecule has 1 atom stereocenters. The maximum atomic E-state index is 12.7. The van der Waals surface area contributed by atoms with Gasteiger partial charge in [-0.25, -0.2) is 8.42 Å². The molecule has 1 amide bonds. The quantitative estimate of drug-likeness (QED) is 0.740. The van der Waals surface area contributed by atoms with Crippen molar-refractivity contribution in [3.63, 3.8) is 0 Å². The molecule has 0 aliphatic carbocycles. The van der Waals surface area contributed by atoms with Crippen LogP contribution in [0.2, 0.25) is 0 Å². The van der Waals surface area contributed by atoms with E-state index in [1.807, 2.05) is 14.0 Å². The normalized spacial score (nSPS) is 18.7. The molecule has 1 aromatic rings. The second-order valence-electron chi connectivity index (χ2n) is 5.84. The molecule has 24 heavy (non-hydrogen) atoms. The Morgan fingerprint density at radius 1 is 1.21 bits per heavy atom. The lowest BCUT2D eigenvalue weighted by atomic mass is 10.1. The summed E-state index contributed by atoms with van der Waals surface area (Å²) < 4.78 is 27.0. The number of likely N-dealkylation sites (N-methyl/N-ethyl adjacent to an activating group) is 1. The maximum Gasteiger partial charge on any atom is 0.251 e. The molecule has 1 saturated heterocycles. The molecule has 0 radical (unpaired) electrons. The van der Waals surface area contributed by atoms with E-state index in [1.54, 1.807) is 16.4 Å². The first-order chi connectivity index (χ1) is 11.0. The lowest BCUT2D eigenvalue weighted by Crippen LogP contribution is -2.41. The van der Waals surface area contributed by atoms with Gasteiger partial charge in [-0.05, 0) is 51.1 Å². The Morgan fingerprint density at radius 2 is 1.88 bits per heavy atom. The molecule has 1 fully saturated rings. The Kier molecular flexibility index (Phi) is 8.15. The molecule has 1 unspecified atom stereocenters. The largest absolute Gasteiger partial charge is 0.351 e. The number of benzene rings is 1. The van der Waals surface area contributed by atoms with Crippen molar-refractivity contribution in [2.24, 2.45) is 0 Å². The summed E-state index contributed by atoms with van der Waals surface area (Å²) in [5.41, 5.74) is 0.465. The standard InChI is InChI=1S/C16H25N3O3S.ClH/c1-13-5-3-4-12-19(13)23(21,22)15-8-6-14(7-9-15)16(20)18-11-10-17-2;/h6-9,13,17H,3-5,10-12H2,1-2H3,(H,18,20);1H. The van der Waals surface area contributed by atoms with E-state index in [4.69, 9.17) is 0 Å². The second-order valence-corrected chi connectivity index (χ2v) is 7.73. The molecule has 2 N–H and O–H groups in total. The number of sulfonamides is 1. The highest BCUT2D eigenvalue weighted by atomic mass is 35.5. The SMILES string of the molecule is CNCCNC(=O)c1ccc(S(=O)(=O)N2CCCCC2C)cc1.Cl. The van der Waals surface area contributed by atoms with Gasteiger partial charge in [-0.3, -0.25) is 4.79 Å². The summed E-state index contributed by atoms with van der Waals surface area (Å²) in [7, 11) is -1.67. The third-order valence-corrected chi connectivity index (χ3v) is 6.15. The molecule has 0 spiro atoms. The molecule has 0 saturated carbocycles. The van der Waals surface area contributed by atoms with Gasteiger partial charge in [0.2, 0.25) is 10.0 Å². The van der Waals surface area contributed by atoms with Crippen molar-refractivity contribution in [1.82, 2.24) is 14.9 Å². The summed E-state index contributed by atoms with van der Waals surface area (Å²) in [6.45, 7) is 3.72. The van der Waals surface area contributed by atoms with Gasteiger partial charge in [-0.1, -0.05) is 6.42 Å². The predicted octanol–water partition coefficient (Wildman–Crippen LogP) is 1.62. The smallest absolute Gasteiger partial charge is 0.251 e. The van der Waals surface area contributed by atoms with E-state index in [2.05, 4.69) is 10.6 Å². The monoisotopic (exact) mass is 375 g/mol. The lowest BCUT2D eigenvalue weighted by Gasteiger charge is -2.32. The number of hydrogen-bond donors (Lipinski definition) is 2. The first-order valence-corrected chi connectivity index (χ1v) is 9.45. The van der Waals surface area contributed by atoms with Crippen LogP contribution in [-0.4, -0.2) is 51.4 Å². The van der Waals surface area contributed by atoms with E-state index >= 15 is 0 Å². The summed E-state index contributed by atoms with van der Waals surface area (Å²) >= 11 is 0. The minimum absolute atomic E-state index is 0. The molecule has 0 aromatic heterocycles. The number of nitrogens with one attached hydrogen (secondary N) is 2. The number of hydrogen-bond acceptors (Lipinski definition) is 4. The van der Waals surface area contributed by atoms with Crippen LogP contribution in [0, 0.1) is 0 Å². The summed E-state index contributed by atoms with van der Waals surface area (Å²) in [4.78, 5) is 12.2. The minimum Gasteiger partial charge on any atom is -0.351 e. The minimum atomic E-state index is -3.48. The Morgan fingerprint density at radius 3 is 2.46 bits per heavy atom. The Balaban J connectivity index is 0.00000288. The molecule has 136 valence electrons. The van der Waals surface area contributed by atoms with Gasteiger partial charge in [0.05, 0.1) is 4.90 Å². The lowest BCUT2D eigenvalue weighted by molar-refractivity contribution is 0.0954. The maximum absolute atomic E-state index is 12.7. The van der Waals surface area contributed by atoms with Gasteiger partial charge in [-0.15, -0.1) is 12.4 Å². The summed E-state index contributed by atoms with van der Waals surface area (Å²) in [6, 6.07) is 6.19. The van der Waals surface area contributed by atoms with Crippen LogP contribution in [0.3, 0.4) is 0 Å². The van der Waals surface area contributed by atoms with Crippen LogP contribution in [0.5, 0.6) is 0 Å². The number of carbonyl (C=O) groups excluding carboxylic acids is 1. The first kappa shape index (κ1) is 20.9.